The van der Waals surface area contributed by atoms with E-state index in [1.54, 1.807) is 0 Å². The average molecular weight is 264 g/mol. The molecule has 0 aliphatic carbocycles. The number of nitrogens with two attached hydrogens (primary N) is 1. The minimum absolute atomic E-state index is 0.0977. The van der Waals surface area contributed by atoms with Crippen LogP contribution >= 0.6 is 11.6 Å². The molecule has 0 unspecified atom stereocenters. The smallest absolute Gasteiger partial charge is 0.228 e. The first-order chi connectivity index (χ1) is 8.63. The lowest BCUT2D eigenvalue weighted by Gasteiger charge is -2.06. The normalized spacial score (nSPS) is 10.3. The fraction of sp³-hybridized carbons (Fsp3) is 0.250. The van der Waals surface area contributed by atoms with Gasteiger partial charge in [0.1, 0.15) is 0 Å². The van der Waals surface area contributed by atoms with Crippen LogP contribution < -0.4 is 11.1 Å². The van der Waals surface area contributed by atoms with Gasteiger partial charge in [0.2, 0.25) is 17.2 Å². The number of aryl methyl sites for hydroxylation is 1. The molecule has 1 heterocycles. The number of nitrogen functional groups attached to an aromatic ring is 1. The van der Waals surface area contributed by atoms with Crippen molar-refractivity contribution < 1.29 is 0 Å². The molecular weight excluding hydrogens is 250 g/mol. The van der Waals surface area contributed by atoms with Gasteiger partial charge in [-0.2, -0.15) is 15.0 Å². The Kier molecular flexibility index (Phi) is 3.94. The highest BCUT2D eigenvalue weighted by atomic mass is 35.5. The average Bonchev–Trinajstić information content (AvgIpc) is 2.27. The van der Waals surface area contributed by atoms with Gasteiger partial charge in [-0.1, -0.05) is 29.8 Å². The Hall–Kier alpha value is -1.88. The lowest BCUT2D eigenvalue weighted by molar-refractivity contribution is 0.966. The zero-order valence-electron chi connectivity index (χ0n) is 10.0. The number of hydrogen-bond acceptors (Lipinski definition) is 5. The van der Waals surface area contributed by atoms with Crippen molar-refractivity contribution in [2.75, 3.05) is 17.6 Å². The second kappa shape index (κ2) is 5.64. The summed E-state index contributed by atoms with van der Waals surface area (Å²) in [6, 6.07) is 8.35. The molecular formula is C12H14ClN5. The number of nitrogens with zero attached hydrogens (tertiary/aromatic N) is 3. The molecule has 0 aliphatic heterocycles. The van der Waals surface area contributed by atoms with Gasteiger partial charge in [0.15, 0.2) is 0 Å². The summed E-state index contributed by atoms with van der Waals surface area (Å²) in [4.78, 5) is 11.6. The van der Waals surface area contributed by atoms with Crippen LogP contribution in [0.5, 0.6) is 0 Å². The monoisotopic (exact) mass is 263 g/mol. The second-order valence-corrected chi connectivity index (χ2v) is 4.29. The molecule has 0 amide bonds. The second-order valence-electron chi connectivity index (χ2n) is 3.95. The van der Waals surface area contributed by atoms with Crippen LogP contribution in [0.4, 0.5) is 11.9 Å². The molecule has 0 fully saturated rings. The van der Waals surface area contributed by atoms with Gasteiger partial charge in [0.25, 0.3) is 0 Å². The minimum atomic E-state index is 0.0977. The summed E-state index contributed by atoms with van der Waals surface area (Å²) in [5.41, 5.74) is 7.99. The van der Waals surface area contributed by atoms with E-state index in [0.717, 1.165) is 6.42 Å². The largest absolute Gasteiger partial charge is 0.368 e. The van der Waals surface area contributed by atoms with Crippen LogP contribution in [0.25, 0.3) is 0 Å². The van der Waals surface area contributed by atoms with Crippen molar-refractivity contribution in [3.63, 3.8) is 0 Å². The Morgan fingerprint density at radius 1 is 1.28 bits per heavy atom. The van der Waals surface area contributed by atoms with E-state index >= 15 is 0 Å². The van der Waals surface area contributed by atoms with E-state index in [9.17, 15) is 0 Å². The van der Waals surface area contributed by atoms with E-state index in [2.05, 4.69) is 45.4 Å². The molecule has 0 bridgehead atoms. The number of rotatable bonds is 4. The highest BCUT2D eigenvalue weighted by Crippen LogP contribution is 2.08. The van der Waals surface area contributed by atoms with Crippen molar-refractivity contribution in [3.05, 3.63) is 40.7 Å². The first kappa shape index (κ1) is 12.6. The molecule has 0 saturated heterocycles. The fourth-order valence-electron chi connectivity index (χ4n) is 1.63. The van der Waals surface area contributed by atoms with Gasteiger partial charge in [0.05, 0.1) is 0 Å². The first-order valence-electron chi connectivity index (χ1n) is 5.60. The van der Waals surface area contributed by atoms with Gasteiger partial charge in [-0.05, 0) is 30.5 Å². The summed E-state index contributed by atoms with van der Waals surface area (Å²) in [7, 11) is 0. The fourth-order valence-corrected chi connectivity index (χ4v) is 1.80. The molecule has 1 aromatic carbocycles. The summed E-state index contributed by atoms with van der Waals surface area (Å²) < 4.78 is 0. The minimum Gasteiger partial charge on any atom is -0.368 e. The van der Waals surface area contributed by atoms with Crippen LogP contribution in [-0.4, -0.2) is 21.5 Å². The number of halogens is 1. The van der Waals surface area contributed by atoms with Gasteiger partial charge in [-0.25, -0.2) is 0 Å². The molecule has 6 heteroatoms. The van der Waals surface area contributed by atoms with Crippen LogP contribution in [0.15, 0.2) is 24.3 Å². The number of hydrogen-bond donors (Lipinski definition) is 2. The Morgan fingerprint density at radius 3 is 2.83 bits per heavy atom. The van der Waals surface area contributed by atoms with Crippen LogP contribution in [0.2, 0.25) is 5.28 Å². The third-order valence-electron chi connectivity index (χ3n) is 2.40. The van der Waals surface area contributed by atoms with Gasteiger partial charge in [-0.3, -0.25) is 0 Å². The van der Waals surface area contributed by atoms with Crippen LogP contribution in [-0.2, 0) is 6.42 Å². The number of anilines is 2. The molecule has 5 nitrogen and oxygen atoms in total. The number of benzene rings is 1. The summed E-state index contributed by atoms with van der Waals surface area (Å²) >= 11 is 5.68. The summed E-state index contributed by atoms with van der Waals surface area (Å²) in [6.07, 6.45) is 0.880. The molecule has 2 rings (SSSR count). The lowest BCUT2D eigenvalue weighted by Crippen LogP contribution is -2.10. The molecule has 2 aromatic rings. The van der Waals surface area contributed by atoms with Gasteiger partial charge in [0, 0.05) is 6.54 Å². The van der Waals surface area contributed by atoms with Crippen LogP contribution in [0.3, 0.4) is 0 Å². The van der Waals surface area contributed by atoms with Gasteiger partial charge >= 0.3 is 0 Å². The highest BCUT2D eigenvalue weighted by molar-refractivity contribution is 6.28. The Morgan fingerprint density at radius 2 is 2.11 bits per heavy atom. The zero-order chi connectivity index (χ0) is 13.0. The van der Waals surface area contributed by atoms with Crippen molar-refractivity contribution in [3.8, 4) is 0 Å². The van der Waals surface area contributed by atoms with E-state index < -0.39 is 0 Å². The molecule has 0 saturated carbocycles. The maximum Gasteiger partial charge on any atom is 0.228 e. The van der Waals surface area contributed by atoms with Crippen molar-refractivity contribution in [2.24, 2.45) is 0 Å². The molecule has 0 aliphatic rings. The van der Waals surface area contributed by atoms with E-state index in [1.165, 1.54) is 11.1 Å². The van der Waals surface area contributed by atoms with Gasteiger partial charge in [-0.15, -0.1) is 0 Å². The maximum absolute atomic E-state index is 5.68. The van der Waals surface area contributed by atoms with Gasteiger partial charge < -0.3 is 11.1 Å². The Labute approximate surface area is 110 Å². The van der Waals surface area contributed by atoms with Crippen molar-refractivity contribution >= 4 is 23.5 Å². The first-order valence-corrected chi connectivity index (χ1v) is 5.98. The topological polar surface area (TPSA) is 76.7 Å². The predicted molar refractivity (Wildman–Crippen MR) is 72.6 cm³/mol. The predicted octanol–water partition coefficient (Wildman–Crippen LogP) is 2.07. The van der Waals surface area contributed by atoms with Crippen molar-refractivity contribution in [2.45, 2.75) is 13.3 Å². The third kappa shape index (κ3) is 3.56. The molecule has 18 heavy (non-hydrogen) atoms. The summed E-state index contributed by atoms with van der Waals surface area (Å²) in [5, 5.41) is 3.17. The van der Waals surface area contributed by atoms with Crippen LogP contribution in [0.1, 0.15) is 11.1 Å². The number of nitrogens with one attached hydrogen (secondary N) is 1. The van der Waals surface area contributed by atoms with Crippen molar-refractivity contribution in [1.29, 1.82) is 0 Å². The lowest BCUT2D eigenvalue weighted by atomic mass is 10.1. The Balaban J connectivity index is 1.92. The third-order valence-corrected chi connectivity index (χ3v) is 2.57. The SMILES string of the molecule is Cc1cccc(CCNc2nc(N)nc(Cl)n2)c1. The van der Waals surface area contributed by atoms with Crippen LogP contribution in [0, 0.1) is 6.92 Å². The van der Waals surface area contributed by atoms with E-state index in [4.69, 9.17) is 17.3 Å². The molecule has 3 N–H and O–H groups in total. The molecule has 1 aromatic heterocycles. The zero-order valence-corrected chi connectivity index (χ0v) is 10.8. The summed E-state index contributed by atoms with van der Waals surface area (Å²) in [6.45, 7) is 2.78. The number of aromatic nitrogens is 3. The Bertz CT molecular complexity index is 523. The molecule has 0 spiro atoms. The molecule has 0 atom stereocenters. The standard InChI is InChI=1S/C12H14ClN5/c1-8-3-2-4-9(7-8)5-6-15-12-17-10(13)16-11(14)18-12/h2-4,7H,5-6H2,1H3,(H3,14,15,16,17,18). The maximum atomic E-state index is 5.68. The van der Waals surface area contributed by atoms with E-state index in [-0.39, 0.29) is 11.2 Å². The summed E-state index contributed by atoms with van der Waals surface area (Å²) in [5.74, 6) is 0.521. The van der Waals surface area contributed by atoms with Crippen molar-refractivity contribution in [1.82, 2.24) is 15.0 Å². The quantitative estimate of drug-likeness (QED) is 0.883. The highest BCUT2D eigenvalue weighted by Gasteiger charge is 2.01. The van der Waals surface area contributed by atoms with E-state index in [0.29, 0.717) is 12.5 Å². The molecule has 0 radical (unpaired) electrons. The van der Waals surface area contributed by atoms with E-state index in [1.807, 2.05) is 6.07 Å². The molecule has 94 valence electrons.